The van der Waals surface area contributed by atoms with Gasteiger partial charge in [-0.2, -0.15) is 0 Å². The van der Waals surface area contributed by atoms with E-state index in [2.05, 4.69) is 4.98 Å². The van der Waals surface area contributed by atoms with Crippen molar-refractivity contribution in [1.82, 2.24) is 14.5 Å². The molecule has 1 aromatic carbocycles. The van der Waals surface area contributed by atoms with Crippen LogP contribution in [0.4, 0.5) is 0 Å². The van der Waals surface area contributed by atoms with E-state index in [4.69, 9.17) is 5.11 Å². The number of amides is 1. The van der Waals surface area contributed by atoms with Gasteiger partial charge >= 0.3 is 5.97 Å². The summed E-state index contributed by atoms with van der Waals surface area (Å²) >= 11 is 0. The number of aromatic carboxylic acids is 1. The minimum atomic E-state index is -0.989. The van der Waals surface area contributed by atoms with Gasteiger partial charge in [0.1, 0.15) is 0 Å². The quantitative estimate of drug-likeness (QED) is 0.917. The van der Waals surface area contributed by atoms with Crippen LogP contribution in [0.5, 0.6) is 0 Å². The lowest BCUT2D eigenvalue weighted by Crippen LogP contribution is -2.23. The Labute approximate surface area is 116 Å². The zero-order valence-electron chi connectivity index (χ0n) is 11.3. The maximum Gasteiger partial charge on any atom is 0.337 e. The molecule has 1 heterocycles. The predicted molar refractivity (Wildman–Crippen MR) is 72.7 cm³/mol. The van der Waals surface area contributed by atoms with Crippen LogP contribution in [-0.2, 0) is 11.3 Å². The third kappa shape index (κ3) is 2.85. The van der Waals surface area contributed by atoms with Crippen molar-refractivity contribution in [2.45, 2.75) is 13.5 Å². The lowest BCUT2D eigenvalue weighted by molar-refractivity contribution is -0.128. The standard InChI is InChI=1S/C14H15N3O3/c1-10(18)16(2)7-11-8-17(9-15-11)13-6-4-3-5-12(13)14(19)20/h3-6,8-9H,7H2,1-2H3,(H,19,20). The number of carboxylic acids is 1. The molecule has 0 spiro atoms. The molecule has 0 aliphatic rings. The Kier molecular flexibility index (Phi) is 3.84. The van der Waals surface area contributed by atoms with Gasteiger partial charge in [-0.1, -0.05) is 12.1 Å². The molecule has 1 amide bonds. The summed E-state index contributed by atoms with van der Waals surface area (Å²) in [5.74, 6) is -1.04. The summed E-state index contributed by atoms with van der Waals surface area (Å²) in [6, 6.07) is 6.69. The fourth-order valence-electron chi connectivity index (χ4n) is 1.81. The first kappa shape index (κ1) is 13.8. The largest absolute Gasteiger partial charge is 0.478 e. The Morgan fingerprint density at radius 2 is 2.05 bits per heavy atom. The van der Waals surface area contributed by atoms with Crippen molar-refractivity contribution in [3.8, 4) is 5.69 Å². The maximum absolute atomic E-state index is 11.2. The number of hydrogen-bond donors (Lipinski definition) is 1. The molecule has 6 heteroatoms. The Morgan fingerprint density at radius 1 is 1.35 bits per heavy atom. The average molecular weight is 273 g/mol. The van der Waals surface area contributed by atoms with Crippen LogP contribution in [0.15, 0.2) is 36.8 Å². The molecular formula is C14H15N3O3. The molecule has 0 aliphatic carbocycles. The lowest BCUT2D eigenvalue weighted by atomic mass is 10.2. The van der Waals surface area contributed by atoms with E-state index >= 15 is 0 Å². The number of aromatic nitrogens is 2. The molecular weight excluding hydrogens is 258 g/mol. The first-order valence-electron chi connectivity index (χ1n) is 6.06. The maximum atomic E-state index is 11.2. The molecule has 0 saturated carbocycles. The van der Waals surface area contributed by atoms with Gasteiger partial charge in [-0.25, -0.2) is 9.78 Å². The second-order valence-electron chi connectivity index (χ2n) is 4.47. The van der Waals surface area contributed by atoms with Crippen LogP contribution in [0, 0.1) is 0 Å². The van der Waals surface area contributed by atoms with Crippen LogP contribution < -0.4 is 0 Å². The molecule has 1 N–H and O–H groups in total. The van der Waals surface area contributed by atoms with Crippen molar-refractivity contribution in [1.29, 1.82) is 0 Å². The summed E-state index contributed by atoms with van der Waals surface area (Å²) < 4.78 is 1.65. The second kappa shape index (κ2) is 5.56. The van der Waals surface area contributed by atoms with Crippen LogP contribution in [0.25, 0.3) is 5.69 Å². The topological polar surface area (TPSA) is 75.4 Å². The number of nitrogens with zero attached hydrogens (tertiary/aromatic N) is 3. The Hall–Kier alpha value is -2.63. The molecule has 0 atom stereocenters. The molecule has 0 aliphatic heterocycles. The van der Waals surface area contributed by atoms with Crippen molar-refractivity contribution in [3.05, 3.63) is 48.0 Å². The number of imidazole rings is 1. The first-order valence-corrected chi connectivity index (χ1v) is 6.06. The van der Waals surface area contributed by atoms with Gasteiger partial charge in [-0.05, 0) is 12.1 Å². The highest BCUT2D eigenvalue weighted by Gasteiger charge is 2.12. The van der Waals surface area contributed by atoms with E-state index in [0.717, 1.165) is 0 Å². The SMILES string of the molecule is CC(=O)N(C)Cc1cn(-c2ccccc2C(=O)O)cn1. The number of carbonyl (C=O) groups excluding carboxylic acids is 1. The predicted octanol–water partition coefficient (Wildman–Crippen LogP) is 1.55. The third-order valence-electron chi connectivity index (χ3n) is 2.99. The number of carbonyl (C=O) groups is 2. The fraction of sp³-hybridized carbons (Fsp3) is 0.214. The highest BCUT2D eigenvalue weighted by molar-refractivity contribution is 5.91. The smallest absolute Gasteiger partial charge is 0.337 e. The van der Waals surface area contributed by atoms with Gasteiger partial charge in [0.25, 0.3) is 0 Å². The number of hydrogen-bond acceptors (Lipinski definition) is 3. The summed E-state index contributed by atoms with van der Waals surface area (Å²) in [6.07, 6.45) is 3.27. The van der Waals surface area contributed by atoms with Crippen molar-refractivity contribution < 1.29 is 14.7 Å². The molecule has 2 rings (SSSR count). The van der Waals surface area contributed by atoms with Crippen LogP contribution >= 0.6 is 0 Å². The van der Waals surface area contributed by atoms with E-state index < -0.39 is 5.97 Å². The second-order valence-corrected chi connectivity index (χ2v) is 4.47. The van der Waals surface area contributed by atoms with E-state index in [1.165, 1.54) is 11.8 Å². The van der Waals surface area contributed by atoms with Crippen LogP contribution in [-0.4, -0.2) is 38.5 Å². The number of para-hydroxylation sites is 1. The van der Waals surface area contributed by atoms with Gasteiger partial charge < -0.3 is 14.6 Å². The van der Waals surface area contributed by atoms with Gasteiger partial charge in [0.2, 0.25) is 5.91 Å². The van der Waals surface area contributed by atoms with Crippen molar-refractivity contribution in [3.63, 3.8) is 0 Å². The first-order chi connectivity index (χ1) is 9.49. The van der Waals surface area contributed by atoms with Gasteiger partial charge in [0.05, 0.1) is 29.8 Å². The minimum Gasteiger partial charge on any atom is -0.478 e. The van der Waals surface area contributed by atoms with E-state index in [0.29, 0.717) is 17.9 Å². The molecule has 0 radical (unpaired) electrons. The Balaban J connectivity index is 2.30. The van der Waals surface area contributed by atoms with E-state index in [9.17, 15) is 9.59 Å². The average Bonchev–Trinajstić information content (AvgIpc) is 2.87. The van der Waals surface area contributed by atoms with E-state index in [-0.39, 0.29) is 11.5 Å². The number of rotatable bonds is 4. The molecule has 6 nitrogen and oxygen atoms in total. The number of carboxylic acid groups (broad SMARTS) is 1. The third-order valence-corrected chi connectivity index (χ3v) is 2.99. The lowest BCUT2D eigenvalue weighted by Gasteiger charge is -2.12. The van der Waals surface area contributed by atoms with Gasteiger partial charge in [-0.3, -0.25) is 4.79 Å². The number of benzene rings is 1. The molecule has 0 fully saturated rings. The van der Waals surface area contributed by atoms with Crippen LogP contribution in [0.1, 0.15) is 23.0 Å². The normalized spacial score (nSPS) is 10.3. The summed E-state index contributed by atoms with van der Waals surface area (Å²) in [5, 5.41) is 9.17. The van der Waals surface area contributed by atoms with Crippen LogP contribution in [0.3, 0.4) is 0 Å². The molecule has 0 unspecified atom stereocenters. The molecule has 0 bridgehead atoms. The van der Waals surface area contributed by atoms with Gasteiger partial charge in [0, 0.05) is 20.2 Å². The van der Waals surface area contributed by atoms with E-state index in [1.807, 2.05) is 0 Å². The van der Waals surface area contributed by atoms with Gasteiger partial charge in [-0.15, -0.1) is 0 Å². The molecule has 1 aromatic heterocycles. The molecule has 104 valence electrons. The molecule has 2 aromatic rings. The van der Waals surface area contributed by atoms with Crippen molar-refractivity contribution >= 4 is 11.9 Å². The zero-order chi connectivity index (χ0) is 14.7. The fourth-order valence-corrected chi connectivity index (χ4v) is 1.81. The van der Waals surface area contributed by atoms with Gasteiger partial charge in [0.15, 0.2) is 0 Å². The summed E-state index contributed by atoms with van der Waals surface area (Å²) in [6.45, 7) is 1.87. The highest BCUT2D eigenvalue weighted by atomic mass is 16.4. The summed E-state index contributed by atoms with van der Waals surface area (Å²) in [4.78, 5) is 28.1. The van der Waals surface area contributed by atoms with Crippen molar-refractivity contribution in [2.24, 2.45) is 0 Å². The Morgan fingerprint density at radius 3 is 2.70 bits per heavy atom. The minimum absolute atomic E-state index is 0.0505. The zero-order valence-corrected chi connectivity index (χ0v) is 11.3. The summed E-state index contributed by atoms with van der Waals surface area (Å²) in [5.41, 5.74) is 1.45. The Bertz CT molecular complexity index is 649. The highest BCUT2D eigenvalue weighted by Crippen LogP contribution is 2.15. The monoisotopic (exact) mass is 273 g/mol. The van der Waals surface area contributed by atoms with Crippen molar-refractivity contribution in [2.75, 3.05) is 7.05 Å². The molecule has 20 heavy (non-hydrogen) atoms. The summed E-state index contributed by atoms with van der Waals surface area (Å²) in [7, 11) is 1.69. The molecule has 0 saturated heterocycles. The van der Waals surface area contributed by atoms with Crippen LogP contribution in [0.2, 0.25) is 0 Å². The van der Waals surface area contributed by atoms with E-state index in [1.54, 1.807) is 48.4 Å².